The topological polar surface area (TPSA) is 72.2 Å². The Morgan fingerprint density at radius 1 is 1.15 bits per heavy atom. The van der Waals surface area contributed by atoms with Gasteiger partial charge in [-0.15, -0.1) is 5.10 Å². The van der Waals surface area contributed by atoms with Crippen LogP contribution in [0.15, 0.2) is 24.4 Å². The Morgan fingerprint density at radius 2 is 1.96 bits per heavy atom. The minimum atomic E-state index is 0.0208. The minimum Gasteiger partial charge on any atom is -0.454 e. The molecule has 26 heavy (non-hydrogen) atoms. The monoisotopic (exact) mass is 371 g/mol. The van der Waals surface area contributed by atoms with Gasteiger partial charge in [-0.25, -0.2) is 9.50 Å². The zero-order chi connectivity index (χ0) is 17.7. The minimum absolute atomic E-state index is 0.0208. The Bertz CT molecular complexity index is 958. The summed E-state index contributed by atoms with van der Waals surface area (Å²) in [7, 11) is 0. The van der Waals surface area contributed by atoms with E-state index in [-0.39, 0.29) is 12.7 Å². The maximum atomic E-state index is 12.8. The molecular weight excluding hydrogens is 354 g/mol. The van der Waals surface area contributed by atoms with Crippen molar-refractivity contribution in [3.8, 4) is 11.5 Å². The zero-order valence-electron chi connectivity index (χ0n) is 14.2. The van der Waals surface area contributed by atoms with Crippen molar-refractivity contribution in [3.63, 3.8) is 0 Å². The Kier molecular flexibility index (Phi) is 3.49. The highest BCUT2D eigenvalue weighted by atomic mass is 32.1. The Balaban J connectivity index is 1.27. The highest BCUT2D eigenvalue weighted by Crippen LogP contribution is 2.33. The molecule has 0 aliphatic carbocycles. The summed E-state index contributed by atoms with van der Waals surface area (Å²) in [5.74, 6) is 1.35. The third-order valence-corrected chi connectivity index (χ3v) is 5.59. The van der Waals surface area contributed by atoms with Crippen LogP contribution in [0.2, 0.25) is 0 Å². The van der Waals surface area contributed by atoms with Gasteiger partial charge < -0.3 is 19.3 Å². The van der Waals surface area contributed by atoms with E-state index in [4.69, 9.17) is 9.47 Å². The number of amides is 1. The van der Waals surface area contributed by atoms with Gasteiger partial charge in [0.15, 0.2) is 11.5 Å². The van der Waals surface area contributed by atoms with E-state index < -0.39 is 0 Å². The van der Waals surface area contributed by atoms with Gasteiger partial charge in [0.25, 0.3) is 5.91 Å². The Hall–Kier alpha value is -2.81. The standard InChI is InChI=1S/C17H17N5O3S/c1-11-9-22-16(18-11)26-17(19-22)21-6-4-20(5-7-21)15(23)12-2-3-13-14(8-12)25-10-24-13/h2-3,8-9H,4-7,10H2,1H3. The molecule has 1 aromatic carbocycles. The molecule has 0 radical (unpaired) electrons. The van der Waals surface area contributed by atoms with E-state index in [0.29, 0.717) is 30.2 Å². The SMILES string of the molecule is Cc1cn2nc(N3CCN(C(=O)c4ccc5c(c4)OCO5)CC3)sc2n1. The van der Waals surface area contributed by atoms with Gasteiger partial charge in [0.1, 0.15) is 0 Å². The maximum absolute atomic E-state index is 12.8. The van der Waals surface area contributed by atoms with E-state index in [1.54, 1.807) is 29.5 Å². The molecule has 0 atom stereocenters. The first-order valence-corrected chi connectivity index (χ1v) is 9.26. The fourth-order valence-corrected chi connectivity index (χ4v) is 4.22. The number of fused-ring (bicyclic) bond motifs is 2. The first kappa shape index (κ1) is 15.4. The lowest BCUT2D eigenvalue weighted by Crippen LogP contribution is -2.48. The molecule has 0 saturated carbocycles. The van der Waals surface area contributed by atoms with Gasteiger partial charge in [-0.1, -0.05) is 11.3 Å². The number of benzene rings is 1. The van der Waals surface area contributed by atoms with Crippen molar-refractivity contribution >= 4 is 27.3 Å². The number of piperazine rings is 1. The van der Waals surface area contributed by atoms with Gasteiger partial charge in [0, 0.05) is 31.7 Å². The number of anilines is 1. The molecular formula is C17H17N5O3S. The molecule has 2 aliphatic heterocycles. The van der Waals surface area contributed by atoms with Crippen LogP contribution in [0, 0.1) is 6.92 Å². The molecule has 9 heteroatoms. The van der Waals surface area contributed by atoms with Gasteiger partial charge in [-0.05, 0) is 25.1 Å². The predicted molar refractivity (Wildman–Crippen MR) is 96.3 cm³/mol. The Morgan fingerprint density at radius 3 is 2.77 bits per heavy atom. The summed E-state index contributed by atoms with van der Waals surface area (Å²) >= 11 is 1.58. The van der Waals surface area contributed by atoms with Crippen molar-refractivity contribution in [1.29, 1.82) is 0 Å². The van der Waals surface area contributed by atoms with Crippen LogP contribution in [-0.4, -0.2) is 58.4 Å². The molecule has 0 N–H and O–H groups in total. The average Bonchev–Trinajstić information content (AvgIpc) is 3.34. The second-order valence-corrected chi connectivity index (χ2v) is 7.28. The van der Waals surface area contributed by atoms with Crippen LogP contribution < -0.4 is 14.4 Å². The van der Waals surface area contributed by atoms with E-state index >= 15 is 0 Å². The van der Waals surface area contributed by atoms with Crippen molar-refractivity contribution in [2.24, 2.45) is 0 Å². The summed E-state index contributed by atoms with van der Waals surface area (Å²) < 4.78 is 12.5. The van der Waals surface area contributed by atoms with E-state index in [9.17, 15) is 4.79 Å². The van der Waals surface area contributed by atoms with Crippen molar-refractivity contribution in [2.45, 2.75) is 6.92 Å². The maximum Gasteiger partial charge on any atom is 0.254 e. The molecule has 0 spiro atoms. The van der Waals surface area contributed by atoms with Gasteiger partial charge in [-0.3, -0.25) is 4.79 Å². The average molecular weight is 371 g/mol. The number of carbonyl (C=O) groups excluding carboxylic acids is 1. The van der Waals surface area contributed by atoms with Crippen LogP contribution in [0.1, 0.15) is 16.1 Å². The molecule has 8 nitrogen and oxygen atoms in total. The molecule has 2 aromatic heterocycles. The van der Waals surface area contributed by atoms with Crippen LogP contribution >= 0.6 is 11.3 Å². The summed E-state index contributed by atoms with van der Waals surface area (Å²) in [6.07, 6.45) is 1.93. The van der Waals surface area contributed by atoms with Crippen molar-refractivity contribution in [2.75, 3.05) is 37.9 Å². The predicted octanol–water partition coefficient (Wildman–Crippen LogP) is 1.79. The molecule has 1 amide bonds. The van der Waals surface area contributed by atoms with E-state index in [2.05, 4.69) is 15.0 Å². The smallest absolute Gasteiger partial charge is 0.254 e. The summed E-state index contributed by atoms with van der Waals surface area (Å²) in [4.78, 5) is 22.2. The number of imidazole rings is 1. The van der Waals surface area contributed by atoms with Gasteiger partial charge in [0.05, 0.1) is 11.9 Å². The normalized spacial score (nSPS) is 16.5. The lowest BCUT2D eigenvalue weighted by Gasteiger charge is -2.34. The summed E-state index contributed by atoms with van der Waals surface area (Å²) in [6.45, 7) is 5.00. The van der Waals surface area contributed by atoms with Gasteiger partial charge >= 0.3 is 0 Å². The van der Waals surface area contributed by atoms with Crippen LogP contribution in [0.3, 0.4) is 0 Å². The number of carbonyl (C=O) groups is 1. The van der Waals surface area contributed by atoms with Crippen molar-refractivity contribution in [3.05, 3.63) is 35.7 Å². The molecule has 2 aliphatic rings. The van der Waals surface area contributed by atoms with E-state index in [0.717, 1.165) is 28.9 Å². The first-order valence-electron chi connectivity index (χ1n) is 8.44. The van der Waals surface area contributed by atoms with E-state index in [1.807, 2.05) is 22.5 Å². The quantitative estimate of drug-likeness (QED) is 0.684. The second kappa shape index (κ2) is 5.87. The van der Waals surface area contributed by atoms with Crippen molar-refractivity contribution in [1.82, 2.24) is 19.5 Å². The van der Waals surface area contributed by atoms with Gasteiger partial charge in [0.2, 0.25) is 16.9 Å². The number of hydrogen-bond acceptors (Lipinski definition) is 7. The lowest BCUT2D eigenvalue weighted by atomic mass is 10.1. The van der Waals surface area contributed by atoms with Crippen LogP contribution in [0.4, 0.5) is 5.13 Å². The van der Waals surface area contributed by atoms with Crippen LogP contribution in [0.25, 0.3) is 4.96 Å². The lowest BCUT2D eigenvalue weighted by molar-refractivity contribution is 0.0746. The number of aromatic nitrogens is 3. The highest BCUT2D eigenvalue weighted by molar-refractivity contribution is 7.20. The number of ether oxygens (including phenoxy) is 2. The van der Waals surface area contributed by atoms with Gasteiger partial charge in [-0.2, -0.15) is 0 Å². The fourth-order valence-electron chi connectivity index (χ4n) is 3.24. The number of rotatable bonds is 2. The molecule has 3 aromatic rings. The molecule has 4 heterocycles. The molecule has 1 fully saturated rings. The van der Waals surface area contributed by atoms with Crippen LogP contribution in [0.5, 0.6) is 11.5 Å². The molecule has 1 saturated heterocycles. The second-order valence-electron chi connectivity index (χ2n) is 6.34. The molecule has 5 rings (SSSR count). The molecule has 0 bridgehead atoms. The fraction of sp³-hybridized carbons (Fsp3) is 0.353. The largest absolute Gasteiger partial charge is 0.454 e. The number of nitrogens with zero attached hydrogens (tertiary/aromatic N) is 5. The summed E-state index contributed by atoms with van der Waals surface area (Å²) in [6, 6.07) is 5.34. The number of hydrogen-bond donors (Lipinski definition) is 0. The third-order valence-electron chi connectivity index (χ3n) is 4.61. The molecule has 134 valence electrons. The summed E-state index contributed by atoms with van der Waals surface area (Å²) in [5, 5.41) is 5.54. The first-order chi connectivity index (χ1) is 12.7. The third kappa shape index (κ3) is 2.55. The van der Waals surface area contributed by atoms with Crippen molar-refractivity contribution < 1.29 is 14.3 Å². The highest BCUT2D eigenvalue weighted by Gasteiger charge is 2.25. The van der Waals surface area contributed by atoms with E-state index in [1.165, 1.54) is 0 Å². The molecule has 0 unspecified atom stereocenters. The Labute approximate surface area is 153 Å². The summed E-state index contributed by atoms with van der Waals surface area (Å²) in [5.41, 5.74) is 1.60. The van der Waals surface area contributed by atoms with Crippen LogP contribution in [-0.2, 0) is 0 Å². The zero-order valence-corrected chi connectivity index (χ0v) is 15.0. The number of aryl methyl sites for hydroxylation is 1.